The fourth-order valence-electron chi connectivity index (χ4n) is 5.78. The Bertz CT molecular complexity index is 1400. The molecule has 1 aliphatic carbocycles. The van der Waals surface area contributed by atoms with Crippen LogP contribution < -0.4 is 32.4 Å². The minimum atomic E-state index is -0.852. The van der Waals surface area contributed by atoms with Crippen molar-refractivity contribution < 1.29 is 23.5 Å². The van der Waals surface area contributed by atoms with E-state index in [0.29, 0.717) is 55.1 Å². The molecule has 8 N–H and O–H groups in total. The van der Waals surface area contributed by atoms with Crippen molar-refractivity contribution in [3.05, 3.63) is 35.1 Å². The van der Waals surface area contributed by atoms with Crippen molar-refractivity contribution in [2.75, 3.05) is 13.1 Å². The van der Waals surface area contributed by atoms with Crippen LogP contribution in [0.3, 0.4) is 0 Å². The molecular weight excluding hydrogens is 650 g/mol. The lowest BCUT2D eigenvalue weighted by atomic mass is 9.71. The predicted molar refractivity (Wildman–Crippen MR) is 186 cm³/mol. The molecular formula is C31H48Cl4N4O5. The Kier molecular flexibility index (Phi) is 17.6. The molecule has 1 heterocycles. The quantitative estimate of drug-likeness (QED) is 0.102. The van der Waals surface area contributed by atoms with Crippen molar-refractivity contribution in [1.29, 1.82) is 0 Å². The molecule has 250 valence electrons. The summed E-state index contributed by atoms with van der Waals surface area (Å²) in [5.74, 6) is -0.848. The average Bonchev–Trinajstić information content (AvgIpc) is 3.31. The smallest absolute Gasteiger partial charge is 0.328 e. The van der Waals surface area contributed by atoms with Gasteiger partial charge in [0.05, 0.1) is 11.6 Å². The van der Waals surface area contributed by atoms with Gasteiger partial charge in [0.2, 0.25) is 0 Å². The maximum Gasteiger partial charge on any atom is 0.328 e. The van der Waals surface area contributed by atoms with Crippen LogP contribution >= 0.6 is 49.6 Å². The van der Waals surface area contributed by atoms with Crippen molar-refractivity contribution in [1.82, 2.24) is 0 Å². The molecule has 9 nitrogen and oxygen atoms in total. The van der Waals surface area contributed by atoms with E-state index in [0.717, 1.165) is 48.6 Å². The highest BCUT2D eigenvalue weighted by molar-refractivity contribution is 6.15. The molecule has 0 spiro atoms. The number of unbranched alkanes of at least 4 members (excludes halogenated alkanes) is 2. The van der Waals surface area contributed by atoms with Crippen LogP contribution in [0.25, 0.3) is 21.7 Å². The van der Waals surface area contributed by atoms with Crippen LogP contribution in [0.1, 0.15) is 81.9 Å². The van der Waals surface area contributed by atoms with Crippen molar-refractivity contribution in [3.63, 3.8) is 0 Å². The van der Waals surface area contributed by atoms with Gasteiger partial charge in [-0.05, 0) is 87.1 Å². The number of furan rings is 1. The van der Waals surface area contributed by atoms with E-state index in [2.05, 4.69) is 19.9 Å². The van der Waals surface area contributed by atoms with Crippen LogP contribution in [0.2, 0.25) is 0 Å². The zero-order chi connectivity index (χ0) is 29.0. The van der Waals surface area contributed by atoms with Crippen molar-refractivity contribution in [3.8, 4) is 11.5 Å². The third-order valence-electron chi connectivity index (χ3n) is 8.10. The number of esters is 2. The first kappa shape index (κ1) is 42.2. The SMILES string of the molecule is Cc1coc2c1c(OC(=O)C(N)CCCCN)c(OC(=O)C(N)CCCCN)c1c3c(ccc12)C(C)(C)CCC3.Cl.Cl.Cl.Cl. The van der Waals surface area contributed by atoms with E-state index < -0.39 is 24.0 Å². The lowest BCUT2D eigenvalue weighted by Crippen LogP contribution is -2.36. The first-order valence-corrected chi connectivity index (χ1v) is 14.4. The van der Waals surface area contributed by atoms with Crippen LogP contribution in [0.5, 0.6) is 11.5 Å². The van der Waals surface area contributed by atoms with Crippen LogP contribution in [-0.4, -0.2) is 37.1 Å². The van der Waals surface area contributed by atoms with Gasteiger partial charge in [-0.2, -0.15) is 0 Å². The Balaban J connectivity index is 0.00000462. The summed E-state index contributed by atoms with van der Waals surface area (Å²) in [4.78, 5) is 26.6. The van der Waals surface area contributed by atoms with E-state index in [-0.39, 0.29) is 66.5 Å². The second-order valence-electron chi connectivity index (χ2n) is 11.7. The molecule has 2 atom stereocenters. The molecule has 13 heteroatoms. The van der Waals surface area contributed by atoms with Gasteiger partial charge < -0.3 is 36.8 Å². The van der Waals surface area contributed by atoms with Crippen LogP contribution in [0.4, 0.5) is 0 Å². The molecule has 0 aliphatic heterocycles. The molecule has 44 heavy (non-hydrogen) atoms. The number of nitrogens with two attached hydrogens (primary N) is 4. The Morgan fingerprint density at radius 2 is 1.39 bits per heavy atom. The molecule has 3 aromatic rings. The summed E-state index contributed by atoms with van der Waals surface area (Å²) in [6.45, 7) is 7.34. The highest BCUT2D eigenvalue weighted by Crippen LogP contribution is 2.50. The van der Waals surface area contributed by atoms with Gasteiger partial charge >= 0.3 is 11.9 Å². The molecule has 2 aromatic carbocycles. The topological polar surface area (TPSA) is 170 Å². The summed E-state index contributed by atoms with van der Waals surface area (Å²) in [5.41, 5.74) is 27.2. The van der Waals surface area contributed by atoms with Gasteiger partial charge in [0.25, 0.3) is 0 Å². The average molecular weight is 699 g/mol. The zero-order valence-corrected chi connectivity index (χ0v) is 28.9. The summed E-state index contributed by atoms with van der Waals surface area (Å²) in [7, 11) is 0. The molecule has 1 aliphatic rings. The fourth-order valence-corrected chi connectivity index (χ4v) is 5.78. The number of benzene rings is 2. The first-order chi connectivity index (χ1) is 19.1. The minimum Gasteiger partial charge on any atom is -0.463 e. The zero-order valence-electron chi connectivity index (χ0n) is 25.6. The van der Waals surface area contributed by atoms with Gasteiger partial charge in [-0.1, -0.05) is 38.8 Å². The van der Waals surface area contributed by atoms with Gasteiger partial charge in [0.1, 0.15) is 17.7 Å². The highest BCUT2D eigenvalue weighted by atomic mass is 35.5. The van der Waals surface area contributed by atoms with Crippen LogP contribution in [-0.2, 0) is 21.4 Å². The Morgan fingerprint density at radius 1 is 0.864 bits per heavy atom. The van der Waals surface area contributed by atoms with Gasteiger partial charge in [0, 0.05) is 10.8 Å². The first-order valence-electron chi connectivity index (χ1n) is 14.4. The highest BCUT2D eigenvalue weighted by Gasteiger charge is 2.34. The molecule has 1 aromatic heterocycles. The normalized spacial score (nSPS) is 14.6. The molecule has 0 radical (unpaired) electrons. The number of hydrogen-bond acceptors (Lipinski definition) is 9. The molecule has 2 unspecified atom stereocenters. The van der Waals surface area contributed by atoms with E-state index in [9.17, 15) is 9.59 Å². The summed E-state index contributed by atoms with van der Waals surface area (Å²) in [5, 5.41) is 2.09. The maximum atomic E-state index is 13.4. The number of carbonyl (C=O) groups is 2. The maximum absolute atomic E-state index is 13.4. The number of aryl methyl sites for hydroxylation is 2. The van der Waals surface area contributed by atoms with E-state index in [1.807, 2.05) is 13.0 Å². The molecule has 0 saturated heterocycles. The van der Waals surface area contributed by atoms with Crippen molar-refractivity contribution >= 4 is 83.3 Å². The summed E-state index contributed by atoms with van der Waals surface area (Å²) >= 11 is 0. The largest absolute Gasteiger partial charge is 0.463 e. The second-order valence-corrected chi connectivity index (χ2v) is 11.7. The molecule has 0 amide bonds. The van der Waals surface area contributed by atoms with Crippen LogP contribution in [0.15, 0.2) is 22.8 Å². The molecule has 0 bridgehead atoms. The van der Waals surface area contributed by atoms with E-state index >= 15 is 0 Å². The van der Waals surface area contributed by atoms with E-state index in [1.54, 1.807) is 6.26 Å². The summed E-state index contributed by atoms with van der Waals surface area (Å²) in [6, 6.07) is 2.45. The number of rotatable bonds is 12. The molecule has 0 saturated carbocycles. The third kappa shape index (κ3) is 8.91. The number of fused-ring (bicyclic) bond motifs is 5. The Hall–Kier alpha value is -1.82. The number of halogens is 4. The van der Waals surface area contributed by atoms with E-state index in [4.69, 9.17) is 36.8 Å². The van der Waals surface area contributed by atoms with Gasteiger partial charge in [-0.15, -0.1) is 49.6 Å². The Labute approximate surface area is 284 Å². The van der Waals surface area contributed by atoms with Crippen molar-refractivity contribution in [2.24, 2.45) is 22.9 Å². The fraction of sp³-hybridized carbons (Fsp3) is 0.548. The lowest BCUT2D eigenvalue weighted by Gasteiger charge is -2.34. The third-order valence-corrected chi connectivity index (χ3v) is 8.10. The number of carbonyl (C=O) groups excluding carboxylic acids is 2. The molecule has 4 rings (SSSR count). The Morgan fingerprint density at radius 3 is 1.91 bits per heavy atom. The predicted octanol–water partition coefficient (Wildman–Crippen LogP) is 5.92. The van der Waals surface area contributed by atoms with Gasteiger partial charge in [-0.25, -0.2) is 9.59 Å². The second kappa shape index (κ2) is 18.4. The van der Waals surface area contributed by atoms with E-state index in [1.165, 1.54) is 5.56 Å². The summed E-state index contributed by atoms with van der Waals surface area (Å²) < 4.78 is 18.2. The monoisotopic (exact) mass is 696 g/mol. The number of ether oxygens (including phenoxy) is 2. The van der Waals surface area contributed by atoms with Crippen molar-refractivity contribution in [2.45, 2.75) is 96.1 Å². The lowest BCUT2D eigenvalue weighted by molar-refractivity contribution is -0.138. The number of hydrogen-bond donors (Lipinski definition) is 4. The molecule has 0 fully saturated rings. The van der Waals surface area contributed by atoms with Crippen LogP contribution in [0, 0.1) is 6.92 Å². The minimum absolute atomic E-state index is 0. The van der Waals surface area contributed by atoms with Gasteiger partial charge in [0.15, 0.2) is 11.5 Å². The standard InChI is InChI=1S/C31H44N4O5.4ClH/c1-18-17-38-26-20-12-13-21-19(9-8-14-31(21,2)3)25(20)28(40-30(37)23(35)11-5-7-16-33)27(24(18)26)39-29(36)22(34)10-4-6-15-32;;;;/h12-13,17,22-23H,4-11,14-16,32-35H2,1-3H3;4*1H. The summed E-state index contributed by atoms with van der Waals surface area (Å²) in [6.07, 6.45) is 8.22. The van der Waals surface area contributed by atoms with Gasteiger partial charge in [-0.3, -0.25) is 0 Å².